The summed E-state index contributed by atoms with van der Waals surface area (Å²) in [6.07, 6.45) is 2.33. The molecule has 0 saturated heterocycles. The van der Waals surface area contributed by atoms with Crippen molar-refractivity contribution < 1.29 is 14.3 Å². The molecule has 1 atom stereocenters. The fourth-order valence-electron chi connectivity index (χ4n) is 1.03. The van der Waals surface area contributed by atoms with Crippen LogP contribution in [0.4, 0.5) is 0 Å². The van der Waals surface area contributed by atoms with E-state index < -0.39 is 23.4 Å². The highest BCUT2D eigenvalue weighted by atomic mass is 16.6. The van der Waals surface area contributed by atoms with Gasteiger partial charge in [-0.2, -0.15) is 0 Å². The highest BCUT2D eigenvalue weighted by molar-refractivity contribution is 6.35. The monoisotopic (exact) mass is 215 g/mol. The first-order valence-corrected chi connectivity index (χ1v) is 5.30. The minimum absolute atomic E-state index is 0.536. The fourth-order valence-corrected chi connectivity index (χ4v) is 1.03. The number of nitrogens with two attached hydrogens (primary N) is 1. The van der Waals surface area contributed by atoms with Crippen LogP contribution in [0, 0.1) is 0 Å². The van der Waals surface area contributed by atoms with Crippen LogP contribution in [0.25, 0.3) is 0 Å². The van der Waals surface area contributed by atoms with E-state index in [0.29, 0.717) is 6.42 Å². The molecule has 0 aromatic heterocycles. The zero-order valence-corrected chi connectivity index (χ0v) is 10.0. The largest absolute Gasteiger partial charge is 0.454 e. The number of carbonyl (C=O) groups excluding carboxylic acids is 2. The summed E-state index contributed by atoms with van der Waals surface area (Å²) in [4.78, 5) is 22.7. The molecule has 2 N–H and O–H groups in total. The summed E-state index contributed by atoms with van der Waals surface area (Å²) >= 11 is 0. The first-order chi connectivity index (χ1) is 6.78. The van der Waals surface area contributed by atoms with Gasteiger partial charge in [-0.05, 0) is 27.2 Å². The molecule has 4 heteroatoms. The Morgan fingerprint density at radius 3 is 2.27 bits per heavy atom. The Labute approximate surface area is 91.2 Å². The second-order valence-electron chi connectivity index (χ2n) is 4.61. The molecule has 0 aromatic carbocycles. The van der Waals surface area contributed by atoms with Gasteiger partial charge in [-0.25, -0.2) is 4.79 Å². The Hall–Kier alpha value is -0.900. The van der Waals surface area contributed by atoms with Gasteiger partial charge in [-0.15, -0.1) is 0 Å². The SMILES string of the molecule is CCCC[C@H](N)C(=O)C(=O)OC(C)(C)C. The molecule has 0 radical (unpaired) electrons. The Balaban J connectivity index is 4.14. The van der Waals surface area contributed by atoms with E-state index in [0.717, 1.165) is 12.8 Å². The van der Waals surface area contributed by atoms with Gasteiger partial charge in [0, 0.05) is 0 Å². The summed E-state index contributed by atoms with van der Waals surface area (Å²) in [7, 11) is 0. The minimum Gasteiger partial charge on any atom is -0.454 e. The van der Waals surface area contributed by atoms with Crippen LogP contribution in [0.1, 0.15) is 47.0 Å². The van der Waals surface area contributed by atoms with Gasteiger partial charge in [-0.3, -0.25) is 4.79 Å². The fraction of sp³-hybridized carbons (Fsp3) is 0.818. The number of ether oxygens (including phenoxy) is 1. The molecule has 15 heavy (non-hydrogen) atoms. The van der Waals surface area contributed by atoms with Crippen molar-refractivity contribution in [1.29, 1.82) is 0 Å². The molecule has 0 amide bonds. The molecule has 0 spiro atoms. The number of ketones is 1. The number of carbonyl (C=O) groups is 2. The number of unbranched alkanes of at least 4 members (excludes halogenated alkanes) is 1. The van der Waals surface area contributed by atoms with Gasteiger partial charge in [0.05, 0.1) is 6.04 Å². The average Bonchev–Trinajstić information content (AvgIpc) is 2.10. The molecule has 0 unspecified atom stereocenters. The molecule has 0 saturated carbocycles. The third-order valence-electron chi connectivity index (χ3n) is 1.81. The van der Waals surface area contributed by atoms with Gasteiger partial charge in [0.1, 0.15) is 5.60 Å². The van der Waals surface area contributed by atoms with Crippen LogP contribution in [0.15, 0.2) is 0 Å². The highest BCUT2D eigenvalue weighted by Gasteiger charge is 2.26. The smallest absolute Gasteiger partial charge is 0.376 e. The van der Waals surface area contributed by atoms with Crippen LogP contribution in [0.3, 0.4) is 0 Å². The molecule has 0 aromatic rings. The third-order valence-corrected chi connectivity index (χ3v) is 1.81. The van der Waals surface area contributed by atoms with E-state index in [9.17, 15) is 9.59 Å². The summed E-state index contributed by atoms with van der Waals surface area (Å²) in [6, 6.07) is -0.722. The lowest BCUT2D eigenvalue weighted by Gasteiger charge is -2.20. The number of Topliss-reactive ketones (excluding diaryl/α,β-unsaturated/α-hetero) is 1. The summed E-state index contributed by atoms with van der Waals surface area (Å²) in [6.45, 7) is 7.16. The molecule has 0 rings (SSSR count). The van der Waals surface area contributed by atoms with Gasteiger partial charge in [0.2, 0.25) is 0 Å². The third kappa shape index (κ3) is 6.23. The van der Waals surface area contributed by atoms with Gasteiger partial charge < -0.3 is 10.5 Å². The van der Waals surface area contributed by atoms with E-state index in [2.05, 4.69) is 0 Å². The van der Waals surface area contributed by atoms with Crippen LogP contribution in [0.5, 0.6) is 0 Å². The summed E-state index contributed by atoms with van der Waals surface area (Å²) in [5.74, 6) is -1.45. The van der Waals surface area contributed by atoms with Crippen LogP contribution in [-0.2, 0) is 14.3 Å². The molecule has 0 aliphatic heterocycles. The maximum atomic E-state index is 11.4. The number of rotatable bonds is 5. The number of esters is 1. The van der Waals surface area contributed by atoms with Crippen LogP contribution < -0.4 is 5.73 Å². The zero-order valence-electron chi connectivity index (χ0n) is 10.0. The molecule has 4 nitrogen and oxygen atoms in total. The molecular formula is C11H21NO3. The lowest BCUT2D eigenvalue weighted by molar-refractivity contribution is -0.163. The maximum Gasteiger partial charge on any atom is 0.376 e. The van der Waals surface area contributed by atoms with Crippen molar-refractivity contribution in [3.63, 3.8) is 0 Å². The van der Waals surface area contributed by atoms with Crippen LogP contribution in [-0.4, -0.2) is 23.4 Å². The van der Waals surface area contributed by atoms with Crippen LogP contribution in [0.2, 0.25) is 0 Å². The van der Waals surface area contributed by atoms with Gasteiger partial charge >= 0.3 is 5.97 Å². The first kappa shape index (κ1) is 14.1. The quantitative estimate of drug-likeness (QED) is 0.556. The van der Waals surface area contributed by atoms with E-state index in [1.807, 2.05) is 6.92 Å². The van der Waals surface area contributed by atoms with Crippen molar-refractivity contribution in [3.8, 4) is 0 Å². The Morgan fingerprint density at radius 1 is 1.33 bits per heavy atom. The highest BCUT2D eigenvalue weighted by Crippen LogP contribution is 2.09. The first-order valence-electron chi connectivity index (χ1n) is 5.30. The average molecular weight is 215 g/mol. The van der Waals surface area contributed by atoms with Crippen molar-refractivity contribution >= 4 is 11.8 Å². The van der Waals surface area contributed by atoms with Gasteiger partial charge in [0.25, 0.3) is 5.78 Å². The van der Waals surface area contributed by atoms with E-state index in [4.69, 9.17) is 10.5 Å². The van der Waals surface area contributed by atoms with Gasteiger partial charge in [0.15, 0.2) is 0 Å². The molecule has 0 aliphatic rings. The lowest BCUT2D eigenvalue weighted by atomic mass is 10.1. The van der Waals surface area contributed by atoms with Crippen LogP contribution >= 0.6 is 0 Å². The van der Waals surface area contributed by atoms with Crippen molar-refractivity contribution in [2.24, 2.45) is 5.73 Å². The zero-order chi connectivity index (χ0) is 12.1. The second kappa shape index (κ2) is 5.85. The van der Waals surface area contributed by atoms with Crippen molar-refractivity contribution in [2.75, 3.05) is 0 Å². The Morgan fingerprint density at radius 2 is 1.87 bits per heavy atom. The molecule has 0 fully saturated rings. The molecule has 88 valence electrons. The lowest BCUT2D eigenvalue weighted by Crippen LogP contribution is -2.39. The second-order valence-corrected chi connectivity index (χ2v) is 4.61. The van der Waals surface area contributed by atoms with E-state index in [1.165, 1.54) is 0 Å². The number of hydrogen-bond donors (Lipinski definition) is 1. The Kier molecular flexibility index (Phi) is 5.50. The molecule has 0 aliphatic carbocycles. The summed E-state index contributed by atoms with van der Waals surface area (Å²) in [5.41, 5.74) is 4.93. The molecular weight excluding hydrogens is 194 g/mol. The van der Waals surface area contributed by atoms with Gasteiger partial charge in [-0.1, -0.05) is 19.8 Å². The predicted octanol–water partition coefficient (Wildman–Crippen LogP) is 1.41. The van der Waals surface area contributed by atoms with E-state index >= 15 is 0 Å². The number of hydrogen-bond acceptors (Lipinski definition) is 4. The molecule has 0 bridgehead atoms. The van der Waals surface area contributed by atoms with E-state index in [-0.39, 0.29) is 0 Å². The standard InChI is InChI=1S/C11H21NO3/c1-5-6-7-8(12)9(13)10(14)15-11(2,3)4/h8H,5-7,12H2,1-4H3/t8-/m0/s1. The summed E-state index contributed by atoms with van der Waals surface area (Å²) in [5, 5.41) is 0. The molecule has 0 heterocycles. The normalized spacial score (nSPS) is 13.4. The van der Waals surface area contributed by atoms with Crippen molar-refractivity contribution in [3.05, 3.63) is 0 Å². The maximum absolute atomic E-state index is 11.4. The van der Waals surface area contributed by atoms with Crippen molar-refractivity contribution in [2.45, 2.75) is 58.6 Å². The van der Waals surface area contributed by atoms with E-state index in [1.54, 1.807) is 20.8 Å². The predicted molar refractivity (Wildman–Crippen MR) is 58.4 cm³/mol. The minimum atomic E-state index is -0.828. The summed E-state index contributed by atoms with van der Waals surface area (Å²) < 4.78 is 4.93. The topological polar surface area (TPSA) is 69.4 Å². The van der Waals surface area contributed by atoms with Crippen molar-refractivity contribution in [1.82, 2.24) is 0 Å². The Bertz CT molecular complexity index is 230.